The monoisotopic (exact) mass is 390 g/mol. The average molecular weight is 391 g/mol. The highest BCUT2D eigenvalue weighted by Gasteiger charge is 2.07. The van der Waals surface area contributed by atoms with Gasteiger partial charge < -0.3 is 30.4 Å². The molecule has 156 valence electrons. The summed E-state index contributed by atoms with van der Waals surface area (Å²) in [4.78, 5) is 0. The van der Waals surface area contributed by atoms with Crippen molar-refractivity contribution in [3.8, 4) is 23.0 Å². The van der Waals surface area contributed by atoms with E-state index in [9.17, 15) is 0 Å². The molecule has 0 spiro atoms. The van der Waals surface area contributed by atoms with Gasteiger partial charge in [-0.25, -0.2) is 0 Å². The number of hydrogen-bond acceptors (Lipinski definition) is 6. The maximum atomic E-state index is 5.73. The Morgan fingerprint density at radius 3 is 1.25 bits per heavy atom. The first kappa shape index (κ1) is 23.6. The molecule has 0 saturated heterocycles. The number of benzene rings is 2. The van der Waals surface area contributed by atoms with Gasteiger partial charge in [0.15, 0.2) is 0 Å². The van der Waals surface area contributed by atoms with Crippen LogP contribution in [0.25, 0.3) is 0 Å². The maximum Gasteiger partial charge on any atom is 0.125 e. The third-order valence-electron chi connectivity index (χ3n) is 4.07. The van der Waals surface area contributed by atoms with Gasteiger partial charge in [0.1, 0.15) is 23.0 Å². The van der Waals surface area contributed by atoms with Crippen LogP contribution in [0.15, 0.2) is 36.4 Å². The summed E-state index contributed by atoms with van der Waals surface area (Å²) in [6, 6.07) is 11.8. The first-order valence-electron chi connectivity index (χ1n) is 9.27. The number of hydrogen-bond donors (Lipinski definition) is 2. The van der Waals surface area contributed by atoms with Crippen molar-refractivity contribution in [1.29, 1.82) is 0 Å². The van der Waals surface area contributed by atoms with Crippen LogP contribution in [0.5, 0.6) is 23.0 Å². The minimum Gasteiger partial charge on any atom is -0.497 e. The van der Waals surface area contributed by atoms with E-state index in [0.29, 0.717) is 0 Å². The zero-order valence-corrected chi connectivity index (χ0v) is 17.8. The molecule has 0 radical (unpaired) electrons. The number of ether oxygens (including phenoxy) is 4. The first-order chi connectivity index (χ1) is 13.3. The van der Waals surface area contributed by atoms with Crippen LogP contribution in [-0.2, 0) is 12.8 Å². The first-order valence-corrected chi connectivity index (χ1v) is 9.27. The van der Waals surface area contributed by atoms with Crippen LogP contribution in [0.3, 0.4) is 0 Å². The fourth-order valence-corrected chi connectivity index (χ4v) is 2.73. The summed E-state index contributed by atoms with van der Waals surface area (Å²) in [7, 11) is 6.58. The fraction of sp³-hybridized carbons (Fsp3) is 0.455. The van der Waals surface area contributed by atoms with Crippen LogP contribution >= 0.6 is 0 Å². The quantitative estimate of drug-likeness (QED) is 0.720. The van der Waals surface area contributed by atoms with Crippen molar-refractivity contribution in [3.05, 3.63) is 47.5 Å². The van der Waals surface area contributed by atoms with Gasteiger partial charge in [0.2, 0.25) is 0 Å². The third-order valence-corrected chi connectivity index (χ3v) is 4.07. The van der Waals surface area contributed by atoms with Gasteiger partial charge in [-0.1, -0.05) is 12.1 Å². The van der Waals surface area contributed by atoms with Crippen LogP contribution in [0, 0.1) is 0 Å². The molecule has 0 fully saturated rings. The van der Waals surface area contributed by atoms with Gasteiger partial charge >= 0.3 is 0 Å². The predicted octanol–water partition coefficient (Wildman–Crippen LogP) is 3.19. The summed E-state index contributed by atoms with van der Waals surface area (Å²) in [6.45, 7) is 3.95. The summed E-state index contributed by atoms with van der Waals surface area (Å²) in [5.41, 5.74) is 13.7. The van der Waals surface area contributed by atoms with Gasteiger partial charge in [0.25, 0.3) is 0 Å². The Morgan fingerprint density at radius 2 is 1.00 bits per heavy atom. The van der Waals surface area contributed by atoms with Crippen molar-refractivity contribution >= 4 is 0 Å². The molecule has 2 rings (SSSR count). The van der Waals surface area contributed by atoms with E-state index in [1.807, 2.05) is 50.2 Å². The van der Waals surface area contributed by atoms with E-state index in [0.717, 1.165) is 47.0 Å². The lowest BCUT2D eigenvalue weighted by atomic mass is 10.1. The topological polar surface area (TPSA) is 89.0 Å². The smallest absolute Gasteiger partial charge is 0.125 e. The summed E-state index contributed by atoms with van der Waals surface area (Å²) in [6.07, 6.45) is 1.63. The molecular weight excluding hydrogens is 356 g/mol. The molecule has 0 aliphatic carbocycles. The van der Waals surface area contributed by atoms with Crippen LogP contribution in [0.1, 0.15) is 25.0 Å². The lowest BCUT2D eigenvalue weighted by Gasteiger charge is -2.11. The second kappa shape index (κ2) is 12.1. The van der Waals surface area contributed by atoms with E-state index in [-0.39, 0.29) is 12.1 Å². The summed E-state index contributed by atoms with van der Waals surface area (Å²) >= 11 is 0. The number of rotatable bonds is 8. The molecule has 2 atom stereocenters. The van der Waals surface area contributed by atoms with Crippen molar-refractivity contribution in [2.24, 2.45) is 11.5 Å². The minimum absolute atomic E-state index is 0.136. The van der Waals surface area contributed by atoms with Crippen LogP contribution < -0.4 is 30.4 Å². The molecule has 0 aliphatic rings. The standard InChI is InChI=1S/2C11H17NO2/c2*1-8(12)6-9-4-5-10(13-2)7-11(9)14-3/h2*4-5,7-8H,6,12H2,1-3H3. The molecule has 0 aromatic heterocycles. The van der Waals surface area contributed by atoms with Gasteiger partial charge in [0, 0.05) is 24.2 Å². The lowest BCUT2D eigenvalue weighted by Crippen LogP contribution is -2.18. The predicted molar refractivity (Wildman–Crippen MR) is 114 cm³/mol. The van der Waals surface area contributed by atoms with Gasteiger partial charge in [-0.2, -0.15) is 0 Å². The Morgan fingerprint density at radius 1 is 0.643 bits per heavy atom. The van der Waals surface area contributed by atoms with Crippen molar-refractivity contribution in [2.75, 3.05) is 28.4 Å². The molecule has 6 nitrogen and oxygen atoms in total. The van der Waals surface area contributed by atoms with E-state index in [2.05, 4.69) is 0 Å². The Kier molecular flexibility index (Phi) is 10.2. The molecule has 2 aromatic rings. The van der Waals surface area contributed by atoms with Crippen molar-refractivity contribution < 1.29 is 18.9 Å². The average Bonchev–Trinajstić information content (AvgIpc) is 2.68. The Bertz CT molecular complexity index is 656. The molecule has 6 heteroatoms. The normalized spacial score (nSPS) is 12.3. The number of nitrogens with two attached hydrogens (primary N) is 2. The van der Waals surface area contributed by atoms with Crippen molar-refractivity contribution in [2.45, 2.75) is 38.8 Å². The van der Waals surface area contributed by atoms with Gasteiger partial charge in [-0.15, -0.1) is 0 Å². The van der Waals surface area contributed by atoms with E-state index in [1.165, 1.54) is 0 Å². The van der Waals surface area contributed by atoms with Crippen LogP contribution in [0.4, 0.5) is 0 Å². The highest BCUT2D eigenvalue weighted by atomic mass is 16.5. The van der Waals surface area contributed by atoms with E-state index in [4.69, 9.17) is 30.4 Å². The zero-order valence-electron chi connectivity index (χ0n) is 17.8. The second-order valence-electron chi connectivity index (χ2n) is 6.72. The van der Waals surface area contributed by atoms with Gasteiger partial charge in [-0.05, 0) is 49.9 Å². The SMILES string of the molecule is COc1ccc(CC(C)N)c(OC)c1.COc1ccc(CC(C)N)c(OC)c1. The van der Waals surface area contributed by atoms with Crippen LogP contribution in [0.2, 0.25) is 0 Å². The van der Waals surface area contributed by atoms with Gasteiger partial charge in [-0.3, -0.25) is 0 Å². The number of methoxy groups -OCH3 is 4. The lowest BCUT2D eigenvalue weighted by molar-refractivity contribution is 0.390. The summed E-state index contributed by atoms with van der Waals surface area (Å²) in [5.74, 6) is 3.27. The second-order valence-corrected chi connectivity index (χ2v) is 6.72. The molecule has 0 saturated carbocycles. The third kappa shape index (κ3) is 7.66. The van der Waals surface area contributed by atoms with E-state index >= 15 is 0 Å². The van der Waals surface area contributed by atoms with Gasteiger partial charge in [0.05, 0.1) is 28.4 Å². The molecule has 0 bridgehead atoms. The largest absolute Gasteiger partial charge is 0.497 e. The molecule has 0 heterocycles. The zero-order chi connectivity index (χ0) is 21.1. The van der Waals surface area contributed by atoms with Crippen molar-refractivity contribution in [3.63, 3.8) is 0 Å². The van der Waals surface area contributed by atoms with Crippen LogP contribution in [-0.4, -0.2) is 40.5 Å². The highest BCUT2D eigenvalue weighted by molar-refractivity contribution is 5.41. The molecule has 28 heavy (non-hydrogen) atoms. The molecule has 4 N–H and O–H groups in total. The van der Waals surface area contributed by atoms with E-state index < -0.39 is 0 Å². The van der Waals surface area contributed by atoms with Crippen molar-refractivity contribution in [1.82, 2.24) is 0 Å². The van der Waals surface area contributed by atoms with E-state index in [1.54, 1.807) is 28.4 Å². The Balaban J connectivity index is 0.000000280. The Hall–Kier alpha value is -2.44. The molecule has 2 aromatic carbocycles. The summed E-state index contributed by atoms with van der Waals surface area (Å²) in [5, 5.41) is 0. The molecule has 0 amide bonds. The maximum absolute atomic E-state index is 5.73. The molecule has 2 unspecified atom stereocenters. The minimum atomic E-state index is 0.136. The highest BCUT2D eigenvalue weighted by Crippen LogP contribution is 2.26. The Labute approximate surface area is 168 Å². The summed E-state index contributed by atoms with van der Waals surface area (Å²) < 4.78 is 20.7. The molecular formula is C22H34N2O4. The molecule has 0 aliphatic heterocycles. The fourth-order valence-electron chi connectivity index (χ4n) is 2.73.